The number of para-hydroxylation sites is 1. The average molecular weight is 409 g/mol. The first-order valence-electron chi connectivity index (χ1n) is 9.38. The fourth-order valence-corrected chi connectivity index (χ4v) is 2.75. The monoisotopic (exact) mass is 409 g/mol. The molecule has 3 aromatic rings. The predicted octanol–water partition coefficient (Wildman–Crippen LogP) is 3.94. The molecule has 0 saturated heterocycles. The first kappa shape index (κ1) is 21.0. The van der Waals surface area contributed by atoms with Gasteiger partial charge in [-0.05, 0) is 63.6 Å². The van der Waals surface area contributed by atoms with Crippen LogP contribution in [0.25, 0.3) is 10.9 Å². The number of carbonyl (C=O) groups excluding carboxylic acids is 2. The molecule has 0 aliphatic carbocycles. The van der Waals surface area contributed by atoms with E-state index in [1.807, 2.05) is 13.0 Å². The molecule has 156 valence electrons. The zero-order valence-corrected chi connectivity index (χ0v) is 17.2. The molecular formula is C22H23N3O5. The minimum Gasteiger partial charge on any atom is -0.454 e. The van der Waals surface area contributed by atoms with Crippen molar-refractivity contribution in [3.05, 3.63) is 69.8 Å². The molecule has 8 nitrogen and oxygen atoms in total. The molecule has 0 spiro atoms. The van der Waals surface area contributed by atoms with Crippen LogP contribution in [0.15, 0.2) is 47.3 Å². The van der Waals surface area contributed by atoms with Crippen LogP contribution in [0.4, 0.5) is 10.5 Å². The number of anilines is 1. The number of aryl methyl sites for hydroxylation is 1. The number of hydrogen-bond acceptors (Lipinski definition) is 6. The minimum atomic E-state index is -0.607. The number of nitrogens with one attached hydrogen (secondary N) is 2. The molecule has 8 heteroatoms. The van der Waals surface area contributed by atoms with Gasteiger partial charge in [-0.3, -0.25) is 10.1 Å². The number of hydrogen-bond donors (Lipinski definition) is 2. The highest BCUT2D eigenvalue weighted by Gasteiger charge is 2.16. The first-order valence-corrected chi connectivity index (χ1v) is 9.38. The molecule has 0 atom stereocenters. The van der Waals surface area contributed by atoms with Crippen LogP contribution in [0.3, 0.4) is 0 Å². The molecule has 0 radical (unpaired) electrons. The molecule has 1 heterocycles. The molecule has 2 N–H and O–H groups in total. The van der Waals surface area contributed by atoms with Gasteiger partial charge in [-0.25, -0.2) is 14.6 Å². The topological polar surface area (TPSA) is 110 Å². The van der Waals surface area contributed by atoms with Crippen molar-refractivity contribution in [2.45, 2.75) is 39.9 Å². The number of aromatic amines is 1. The van der Waals surface area contributed by atoms with Crippen molar-refractivity contribution in [2.24, 2.45) is 0 Å². The normalized spacial score (nSPS) is 11.2. The van der Waals surface area contributed by atoms with E-state index in [1.54, 1.807) is 45.0 Å². The van der Waals surface area contributed by atoms with E-state index in [0.29, 0.717) is 22.2 Å². The van der Waals surface area contributed by atoms with E-state index in [0.717, 1.165) is 5.56 Å². The van der Waals surface area contributed by atoms with Crippen molar-refractivity contribution < 1.29 is 19.1 Å². The highest BCUT2D eigenvalue weighted by Crippen LogP contribution is 2.15. The smallest absolute Gasteiger partial charge is 0.412 e. The number of amides is 1. The number of esters is 1. The SMILES string of the molecule is Cc1cccc2c(=O)[nH]c(COC(=O)c3ccc(NC(=O)OC(C)(C)C)cc3)nc12. The van der Waals surface area contributed by atoms with Gasteiger partial charge in [-0.1, -0.05) is 12.1 Å². The van der Waals surface area contributed by atoms with Crippen LogP contribution >= 0.6 is 0 Å². The number of benzene rings is 2. The Morgan fingerprint density at radius 1 is 1.10 bits per heavy atom. The van der Waals surface area contributed by atoms with E-state index in [1.165, 1.54) is 12.1 Å². The van der Waals surface area contributed by atoms with Crippen molar-refractivity contribution in [3.63, 3.8) is 0 Å². The average Bonchev–Trinajstić information content (AvgIpc) is 2.66. The second kappa shape index (κ2) is 8.36. The number of H-pyrrole nitrogens is 1. The summed E-state index contributed by atoms with van der Waals surface area (Å²) < 4.78 is 10.4. The molecule has 3 rings (SSSR count). The number of aromatic nitrogens is 2. The number of ether oxygens (including phenoxy) is 2. The lowest BCUT2D eigenvalue weighted by Gasteiger charge is -2.19. The van der Waals surface area contributed by atoms with Crippen molar-refractivity contribution in [1.82, 2.24) is 9.97 Å². The zero-order valence-electron chi connectivity index (χ0n) is 17.2. The Kier molecular flexibility index (Phi) is 5.86. The Bertz CT molecular complexity index is 1140. The van der Waals surface area contributed by atoms with Crippen molar-refractivity contribution in [3.8, 4) is 0 Å². The third-order valence-electron chi connectivity index (χ3n) is 4.09. The maximum Gasteiger partial charge on any atom is 0.412 e. The van der Waals surface area contributed by atoms with Crippen LogP contribution in [-0.2, 0) is 16.1 Å². The molecule has 0 saturated carbocycles. The molecular weight excluding hydrogens is 386 g/mol. The molecule has 0 fully saturated rings. The van der Waals surface area contributed by atoms with Crippen molar-refractivity contribution in [2.75, 3.05) is 5.32 Å². The van der Waals surface area contributed by atoms with Gasteiger partial charge in [0.15, 0.2) is 0 Å². The van der Waals surface area contributed by atoms with E-state index in [-0.39, 0.29) is 18.0 Å². The van der Waals surface area contributed by atoms with E-state index in [2.05, 4.69) is 15.3 Å². The third kappa shape index (κ3) is 5.22. The summed E-state index contributed by atoms with van der Waals surface area (Å²) in [7, 11) is 0. The largest absolute Gasteiger partial charge is 0.454 e. The van der Waals surface area contributed by atoms with Crippen LogP contribution in [0.5, 0.6) is 0 Å². The summed E-state index contributed by atoms with van der Waals surface area (Å²) in [6.07, 6.45) is -0.584. The van der Waals surface area contributed by atoms with Gasteiger partial charge >= 0.3 is 12.1 Å². The molecule has 0 bridgehead atoms. The molecule has 0 aliphatic rings. The molecule has 0 aliphatic heterocycles. The summed E-state index contributed by atoms with van der Waals surface area (Å²) in [5.41, 5.74) is 1.32. The van der Waals surface area contributed by atoms with Gasteiger partial charge in [0.2, 0.25) is 0 Å². The lowest BCUT2D eigenvalue weighted by Crippen LogP contribution is -2.27. The van der Waals surface area contributed by atoms with E-state index >= 15 is 0 Å². The van der Waals surface area contributed by atoms with E-state index in [9.17, 15) is 14.4 Å². The first-order chi connectivity index (χ1) is 14.1. The quantitative estimate of drug-likeness (QED) is 0.632. The fourth-order valence-electron chi connectivity index (χ4n) is 2.75. The van der Waals surface area contributed by atoms with Gasteiger partial charge in [0.05, 0.1) is 16.5 Å². The van der Waals surface area contributed by atoms with Gasteiger partial charge in [-0.15, -0.1) is 0 Å². The summed E-state index contributed by atoms with van der Waals surface area (Å²) >= 11 is 0. The second-order valence-electron chi connectivity index (χ2n) is 7.76. The van der Waals surface area contributed by atoms with Crippen LogP contribution in [0, 0.1) is 6.92 Å². The van der Waals surface area contributed by atoms with Crippen molar-refractivity contribution in [1.29, 1.82) is 0 Å². The highest BCUT2D eigenvalue weighted by molar-refractivity contribution is 5.91. The Hall–Kier alpha value is -3.68. The van der Waals surface area contributed by atoms with Gasteiger partial charge < -0.3 is 14.5 Å². The third-order valence-corrected chi connectivity index (χ3v) is 4.09. The number of rotatable bonds is 4. The fraction of sp³-hybridized carbons (Fsp3) is 0.273. The van der Waals surface area contributed by atoms with Crippen LogP contribution < -0.4 is 10.9 Å². The lowest BCUT2D eigenvalue weighted by atomic mass is 10.1. The molecule has 30 heavy (non-hydrogen) atoms. The molecule has 0 unspecified atom stereocenters. The van der Waals surface area contributed by atoms with E-state index in [4.69, 9.17) is 9.47 Å². The lowest BCUT2D eigenvalue weighted by molar-refractivity contribution is 0.0462. The molecule has 1 amide bonds. The standard InChI is InChI=1S/C22H23N3O5/c1-13-6-5-7-16-18(13)24-17(25-19(16)26)12-29-20(27)14-8-10-15(11-9-14)23-21(28)30-22(2,3)4/h5-11H,12H2,1-4H3,(H,23,28)(H,24,25,26). The summed E-state index contributed by atoms with van der Waals surface area (Å²) in [6.45, 7) is 6.99. The maximum absolute atomic E-state index is 12.3. The summed E-state index contributed by atoms with van der Waals surface area (Å²) in [5, 5.41) is 3.07. The summed E-state index contributed by atoms with van der Waals surface area (Å²) in [4.78, 5) is 43.3. The number of carbonyl (C=O) groups is 2. The van der Waals surface area contributed by atoms with Crippen LogP contribution in [-0.4, -0.2) is 27.6 Å². The Morgan fingerprint density at radius 3 is 2.47 bits per heavy atom. The summed E-state index contributed by atoms with van der Waals surface area (Å²) in [5.74, 6) is -0.315. The van der Waals surface area contributed by atoms with E-state index < -0.39 is 17.7 Å². The van der Waals surface area contributed by atoms with Gasteiger partial charge in [0.25, 0.3) is 5.56 Å². The van der Waals surface area contributed by atoms with Gasteiger partial charge in [0.1, 0.15) is 18.0 Å². The second-order valence-corrected chi connectivity index (χ2v) is 7.76. The van der Waals surface area contributed by atoms with Crippen LogP contribution in [0.1, 0.15) is 42.5 Å². The highest BCUT2D eigenvalue weighted by atomic mass is 16.6. The Balaban J connectivity index is 1.64. The van der Waals surface area contributed by atoms with Gasteiger partial charge in [0, 0.05) is 5.69 Å². The Morgan fingerprint density at radius 2 is 1.80 bits per heavy atom. The molecule has 1 aromatic heterocycles. The maximum atomic E-state index is 12.3. The Labute approximate surface area is 173 Å². The zero-order chi connectivity index (χ0) is 21.9. The molecule has 2 aromatic carbocycles. The minimum absolute atomic E-state index is 0.170. The van der Waals surface area contributed by atoms with Crippen LogP contribution in [0.2, 0.25) is 0 Å². The van der Waals surface area contributed by atoms with Crippen molar-refractivity contribution >= 4 is 28.7 Å². The number of nitrogens with zero attached hydrogens (tertiary/aromatic N) is 1. The summed E-state index contributed by atoms with van der Waals surface area (Å²) in [6, 6.07) is 11.5. The predicted molar refractivity (Wildman–Crippen MR) is 113 cm³/mol. The van der Waals surface area contributed by atoms with Gasteiger partial charge in [-0.2, -0.15) is 0 Å². The number of fused-ring (bicyclic) bond motifs is 1.